The Morgan fingerprint density at radius 1 is 1.14 bits per heavy atom. The van der Waals surface area contributed by atoms with E-state index in [-0.39, 0.29) is 30.7 Å². The normalized spacial score (nSPS) is 14.6. The predicted octanol–water partition coefficient (Wildman–Crippen LogP) is 3.35. The van der Waals surface area contributed by atoms with Gasteiger partial charge in [-0.3, -0.25) is 9.59 Å². The molecule has 1 aromatic carbocycles. The smallest absolute Gasteiger partial charge is 0.223 e. The van der Waals surface area contributed by atoms with E-state index in [4.69, 9.17) is 5.73 Å². The van der Waals surface area contributed by atoms with E-state index in [2.05, 4.69) is 42.7 Å². The number of hydrogen-bond acceptors (Lipinski definition) is 4. The van der Waals surface area contributed by atoms with Crippen LogP contribution in [0.15, 0.2) is 35.7 Å². The van der Waals surface area contributed by atoms with Crippen molar-refractivity contribution in [3.8, 4) is 0 Å². The van der Waals surface area contributed by atoms with Gasteiger partial charge in [-0.1, -0.05) is 38.1 Å². The molecule has 2 aromatic rings. The first-order chi connectivity index (χ1) is 13.4. The molecule has 0 bridgehead atoms. The number of nitrogens with one attached hydrogen (secondary N) is 1. The van der Waals surface area contributed by atoms with E-state index in [0.29, 0.717) is 19.0 Å². The maximum Gasteiger partial charge on any atom is 0.223 e. The highest BCUT2D eigenvalue weighted by Crippen LogP contribution is 2.24. The Bertz CT molecular complexity index is 813. The van der Waals surface area contributed by atoms with Gasteiger partial charge in [0, 0.05) is 43.4 Å². The molecule has 2 amide bonds. The van der Waals surface area contributed by atoms with Crippen LogP contribution < -0.4 is 11.1 Å². The van der Waals surface area contributed by atoms with E-state index in [0.717, 1.165) is 18.5 Å². The third-order valence-corrected chi connectivity index (χ3v) is 6.30. The number of carbonyl (C=O) groups excluding carboxylic acids is 2. The average Bonchev–Trinajstić information content (AvgIpc) is 3.18. The molecule has 1 atom stereocenters. The number of nitrogens with two attached hydrogens (primary N) is 1. The van der Waals surface area contributed by atoms with Gasteiger partial charge >= 0.3 is 0 Å². The Morgan fingerprint density at radius 3 is 2.57 bits per heavy atom. The molecule has 28 heavy (non-hydrogen) atoms. The molecule has 1 aliphatic rings. The zero-order chi connectivity index (χ0) is 20.1. The van der Waals surface area contributed by atoms with Gasteiger partial charge in [0.25, 0.3) is 0 Å². The summed E-state index contributed by atoms with van der Waals surface area (Å²) in [5, 5.41) is 4.93. The lowest BCUT2D eigenvalue weighted by atomic mass is 9.99. The predicted molar refractivity (Wildman–Crippen MR) is 113 cm³/mol. The van der Waals surface area contributed by atoms with Gasteiger partial charge in [-0.2, -0.15) is 0 Å². The van der Waals surface area contributed by atoms with E-state index < -0.39 is 0 Å². The first-order valence-corrected chi connectivity index (χ1v) is 10.8. The van der Waals surface area contributed by atoms with E-state index in [1.165, 1.54) is 16.0 Å². The zero-order valence-electron chi connectivity index (χ0n) is 16.6. The van der Waals surface area contributed by atoms with Crippen LogP contribution in [-0.2, 0) is 22.6 Å². The number of hydrogen-bond donors (Lipinski definition) is 2. The topological polar surface area (TPSA) is 75.4 Å². The second-order valence-electron chi connectivity index (χ2n) is 7.67. The second-order valence-corrected chi connectivity index (χ2v) is 8.67. The third kappa shape index (κ3) is 5.20. The first-order valence-electron chi connectivity index (χ1n) is 9.89. The second kappa shape index (κ2) is 9.34. The summed E-state index contributed by atoms with van der Waals surface area (Å²) in [5.74, 6) is 0.394. The summed E-state index contributed by atoms with van der Waals surface area (Å²) in [5.41, 5.74) is 9.70. The third-order valence-electron chi connectivity index (χ3n) is 5.28. The highest BCUT2D eigenvalue weighted by atomic mass is 32.1. The van der Waals surface area contributed by atoms with E-state index in [1.54, 1.807) is 11.3 Å². The zero-order valence-corrected chi connectivity index (χ0v) is 17.4. The molecule has 3 N–H and O–H groups in total. The molecule has 3 rings (SSSR count). The maximum absolute atomic E-state index is 12.4. The first kappa shape index (κ1) is 20.6. The number of amides is 2. The molecule has 0 saturated heterocycles. The van der Waals surface area contributed by atoms with E-state index in [1.807, 2.05) is 17.0 Å². The molecule has 0 aliphatic carbocycles. The summed E-state index contributed by atoms with van der Waals surface area (Å²) in [6.45, 7) is 6.08. The number of nitrogens with zero attached hydrogens (tertiary/aromatic N) is 1. The lowest BCUT2D eigenvalue weighted by molar-refractivity contribution is -0.134. The summed E-state index contributed by atoms with van der Waals surface area (Å²) in [6.07, 6.45) is 1.35. The molecular weight excluding hydrogens is 370 g/mol. The molecular formula is C22H29N3O2S. The number of thiophene rings is 1. The van der Waals surface area contributed by atoms with Crippen molar-refractivity contribution in [2.24, 2.45) is 5.73 Å². The molecule has 5 nitrogen and oxygen atoms in total. The standard InChI is InChI=1S/C22H29N3O2S/c1-15(2)16-3-5-17(6-4-16)19(23)13-24-21(26)7-8-22(27)25-11-9-20-18(14-25)10-12-28-20/h3-6,10,12,15,19H,7-9,11,13-14,23H2,1-2H3,(H,24,26). The van der Waals surface area contributed by atoms with Gasteiger partial charge in [-0.15, -0.1) is 11.3 Å². The van der Waals surface area contributed by atoms with Gasteiger partial charge < -0.3 is 16.0 Å². The van der Waals surface area contributed by atoms with E-state index >= 15 is 0 Å². The molecule has 2 heterocycles. The van der Waals surface area contributed by atoms with Crippen LogP contribution in [0, 0.1) is 0 Å². The lowest BCUT2D eigenvalue weighted by Gasteiger charge is -2.27. The Balaban J connectivity index is 1.40. The Kier molecular flexibility index (Phi) is 6.86. The van der Waals surface area contributed by atoms with Gasteiger partial charge in [0.15, 0.2) is 0 Å². The minimum absolute atomic E-state index is 0.0422. The van der Waals surface area contributed by atoms with Crippen LogP contribution in [-0.4, -0.2) is 29.8 Å². The summed E-state index contributed by atoms with van der Waals surface area (Å²) >= 11 is 1.75. The van der Waals surface area contributed by atoms with Crippen molar-refractivity contribution in [2.45, 2.75) is 51.6 Å². The molecule has 1 aromatic heterocycles. The fraction of sp³-hybridized carbons (Fsp3) is 0.455. The van der Waals surface area contributed by atoms with Crippen LogP contribution in [0.5, 0.6) is 0 Å². The molecule has 1 unspecified atom stereocenters. The summed E-state index contributed by atoms with van der Waals surface area (Å²) in [7, 11) is 0. The molecule has 150 valence electrons. The molecule has 0 fully saturated rings. The largest absolute Gasteiger partial charge is 0.354 e. The minimum atomic E-state index is -0.250. The lowest BCUT2D eigenvalue weighted by Crippen LogP contribution is -2.37. The van der Waals surface area contributed by atoms with E-state index in [9.17, 15) is 9.59 Å². The molecule has 6 heteroatoms. The van der Waals surface area contributed by atoms with Crippen LogP contribution in [0.25, 0.3) is 0 Å². The summed E-state index contributed by atoms with van der Waals surface area (Å²) < 4.78 is 0. The fourth-order valence-corrected chi connectivity index (χ4v) is 4.29. The van der Waals surface area contributed by atoms with Gasteiger partial charge in [0.1, 0.15) is 0 Å². The molecule has 0 spiro atoms. The Hall–Kier alpha value is -2.18. The SMILES string of the molecule is CC(C)c1ccc(C(N)CNC(=O)CCC(=O)N2CCc3sccc3C2)cc1. The van der Waals surface area contributed by atoms with Crippen molar-refractivity contribution < 1.29 is 9.59 Å². The van der Waals surface area contributed by atoms with Crippen LogP contribution in [0.4, 0.5) is 0 Å². The van der Waals surface area contributed by atoms with Gasteiger partial charge in [-0.05, 0) is 40.5 Å². The molecule has 0 radical (unpaired) electrons. The van der Waals surface area contributed by atoms with Crippen molar-refractivity contribution in [2.75, 3.05) is 13.1 Å². The maximum atomic E-state index is 12.4. The van der Waals surface area contributed by atoms with Crippen molar-refractivity contribution in [1.29, 1.82) is 0 Å². The van der Waals surface area contributed by atoms with Gasteiger partial charge in [-0.25, -0.2) is 0 Å². The molecule has 0 saturated carbocycles. The van der Waals surface area contributed by atoms with Gasteiger partial charge in [0.05, 0.1) is 0 Å². The average molecular weight is 400 g/mol. The summed E-state index contributed by atoms with van der Waals surface area (Å²) in [4.78, 5) is 27.8. The quantitative estimate of drug-likeness (QED) is 0.750. The van der Waals surface area contributed by atoms with Crippen molar-refractivity contribution in [3.05, 3.63) is 57.3 Å². The summed E-state index contributed by atoms with van der Waals surface area (Å²) in [6, 6.07) is 10.0. The monoisotopic (exact) mass is 399 g/mol. The highest BCUT2D eigenvalue weighted by Gasteiger charge is 2.21. The fourth-order valence-electron chi connectivity index (χ4n) is 3.40. The van der Waals surface area contributed by atoms with Crippen molar-refractivity contribution >= 4 is 23.2 Å². The van der Waals surface area contributed by atoms with Crippen LogP contribution in [0.3, 0.4) is 0 Å². The highest BCUT2D eigenvalue weighted by molar-refractivity contribution is 7.10. The van der Waals surface area contributed by atoms with Crippen LogP contribution in [0.2, 0.25) is 0 Å². The number of fused-ring (bicyclic) bond motifs is 1. The van der Waals surface area contributed by atoms with Crippen LogP contribution in [0.1, 0.15) is 60.2 Å². The Morgan fingerprint density at radius 2 is 1.86 bits per heavy atom. The van der Waals surface area contributed by atoms with Crippen molar-refractivity contribution in [3.63, 3.8) is 0 Å². The number of benzene rings is 1. The van der Waals surface area contributed by atoms with Crippen LogP contribution >= 0.6 is 11.3 Å². The molecule has 1 aliphatic heterocycles. The number of rotatable bonds is 7. The van der Waals surface area contributed by atoms with Crippen molar-refractivity contribution in [1.82, 2.24) is 10.2 Å². The Labute approximate surface area is 170 Å². The van der Waals surface area contributed by atoms with Gasteiger partial charge in [0.2, 0.25) is 11.8 Å². The minimum Gasteiger partial charge on any atom is -0.354 e. The number of carbonyl (C=O) groups is 2.